The summed E-state index contributed by atoms with van der Waals surface area (Å²) in [4.78, 5) is 23.4. The van der Waals surface area contributed by atoms with Crippen molar-refractivity contribution in [1.29, 1.82) is 0 Å². The molecule has 0 N–H and O–H groups in total. The molecule has 0 spiro atoms. The Bertz CT molecular complexity index is 1270. The first-order valence-electron chi connectivity index (χ1n) is 9.08. The summed E-state index contributed by atoms with van der Waals surface area (Å²) >= 11 is 0. The number of carbonyl (C=O) groups is 1. The SMILES string of the molecule is Cc1ccc(-c2ccc(C=CC(=O)c3ccc4ccccc4c3)o2)c([N+](=O)[O-])c1. The number of nitro groups is 1. The van der Waals surface area contributed by atoms with Crippen LogP contribution in [-0.4, -0.2) is 10.7 Å². The van der Waals surface area contributed by atoms with Crippen LogP contribution in [0, 0.1) is 17.0 Å². The van der Waals surface area contributed by atoms with Crippen molar-refractivity contribution >= 4 is 28.3 Å². The van der Waals surface area contributed by atoms with Gasteiger partial charge in [-0.15, -0.1) is 0 Å². The topological polar surface area (TPSA) is 73.3 Å². The highest BCUT2D eigenvalue weighted by molar-refractivity contribution is 6.08. The van der Waals surface area contributed by atoms with Crippen molar-refractivity contribution in [2.24, 2.45) is 0 Å². The van der Waals surface area contributed by atoms with Crippen LogP contribution in [0.5, 0.6) is 0 Å². The monoisotopic (exact) mass is 383 g/mol. The van der Waals surface area contributed by atoms with E-state index >= 15 is 0 Å². The normalized spacial score (nSPS) is 11.2. The van der Waals surface area contributed by atoms with Crippen LogP contribution in [0.3, 0.4) is 0 Å². The lowest BCUT2D eigenvalue weighted by Gasteiger charge is -2.01. The first-order valence-corrected chi connectivity index (χ1v) is 9.08. The molecule has 0 fully saturated rings. The molecule has 4 rings (SSSR count). The maximum atomic E-state index is 12.5. The number of fused-ring (bicyclic) bond motifs is 1. The Morgan fingerprint density at radius 3 is 2.55 bits per heavy atom. The quantitative estimate of drug-likeness (QED) is 0.178. The van der Waals surface area contributed by atoms with E-state index in [4.69, 9.17) is 4.42 Å². The van der Waals surface area contributed by atoms with Crippen LogP contribution in [0.4, 0.5) is 5.69 Å². The summed E-state index contributed by atoms with van der Waals surface area (Å²) in [5, 5.41) is 13.4. The Balaban J connectivity index is 1.58. The van der Waals surface area contributed by atoms with E-state index in [1.165, 1.54) is 12.1 Å². The van der Waals surface area contributed by atoms with Crippen molar-refractivity contribution < 1.29 is 14.1 Å². The van der Waals surface area contributed by atoms with Gasteiger partial charge in [-0.2, -0.15) is 0 Å². The number of hydrogen-bond acceptors (Lipinski definition) is 4. The number of aryl methyl sites for hydroxylation is 1. The molecule has 0 radical (unpaired) electrons. The number of nitro benzene ring substituents is 1. The largest absolute Gasteiger partial charge is 0.456 e. The van der Waals surface area contributed by atoms with Crippen molar-refractivity contribution in [2.75, 3.05) is 0 Å². The van der Waals surface area contributed by atoms with Crippen LogP contribution in [-0.2, 0) is 0 Å². The van der Waals surface area contributed by atoms with Crippen LogP contribution in [0.2, 0.25) is 0 Å². The maximum absolute atomic E-state index is 12.5. The van der Waals surface area contributed by atoms with Crippen molar-refractivity contribution in [2.45, 2.75) is 6.92 Å². The summed E-state index contributed by atoms with van der Waals surface area (Å²) in [6.45, 7) is 1.80. The van der Waals surface area contributed by atoms with Crippen molar-refractivity contribution in [1.82, 2.24) is 0 Å². The van der Waals surface area contributed by atoms with Crippen LogP contribution in [0.25, 0.3) is 28.2 Å². The zero-order valence-corrected chi connectivity index (χ0v) is 15.7. The molecule has 0 saturated heterocycles. The van der Waals surface area contributed by atoms with Crippen molar-refractivity contribution in [3.8, 4) is 11.3 Å². The van der Waals surface area contributed by atoms with Crippen molar-refractivity contribution in [3.63, 3.8) is 0 Å². The number of allylic oxidation sites excluding steroid dienone is 1. The van der Waals surface area contributed by atoms with Crippen molar-refractivity contribution in [3.05, 3.63) is 106 Å². The molecule has 5 nitrogen and oxygen atoms in total. The van der Waals surface area contributed by atoms with Gasteiger partial charge >= 0.3 is 0 Å². The second-order valence-corrected chi connectivity index (χ2v) is 6.74. The predicted molar refractivity (Wildman–Crippen MR) is 113 cm³/mol. The number of benzene rings is 3. The molecule has 0 aliphatic rings. The highest BCUT2D eigenvalue weighted by Crippen LogP contribution is 2.32. The number of carbonyl (C=O) groups excluding carboxylic acids is 1. The molecule has 0 aliphatic heterocycles. The molecule has 0 aliphatic carbocycles. The standard InChI is InChI=1S/C24H17NO4/c1-16-6-11-21(22(14-16)25(27)28)24-13-10-20(29-24)9-12-23(26)19-8-7-17-4-2-3-5-18(17)15-19/h2-15H,1H3. The highest BCUT2D eigenvalue weighted by atomic mass is 16.6. The molecule has 0 saturated carbocycles. The second kappa shape index (κ2) is 7.56. The van der Waals surface area contributed by atoms with Gasteiger partial charge in [0.25, 0.3) is 5.69 Å². The minimum atomic E-state index is -0.427. The number of nitrogens with zero attached hydrogens (tertiary/aromatic N) is 1. The molecule has 1 heterocycles. The fourth-order valence-electron chi connectivity index (χ4n) is 3.18. The first-order chi connectivity index (χ1) is 14.0. The lowest BCUT2D eigenvalue weighted by molar-refractivity contribution is -0.384. The van der Waals surface area contributed by atoms with Gasteiger partial charge in [-0.1, -0.05) is 42.5 Å². The van der Waals surface area contributed by atoms with Crippen LogP contribution in [0.1, 0.15) is 21.7 Å². The summed E-state index contributed by atoms with van der Waals surface area (Å²) in [5.74, 6) is 0.688. The Morgan fingerprint density at radius 1 is 0.966 bits per heavy atom. The van der Waals surface area contributed by atoms with E-state index in [9.17, 15) is 14.9 Å². The molecule has 0 atom stereocenters. The molecule has 5 heteroatoms. The molecule has 29 heavy (non-hydrogen) atoms. The summed E-state index contributed by atoms with van der Waals surface area (Å²) < 4.78 is 5.71. The molecule has 0 amide bonds. The Kier molecular flexibility index (Phi) is 4.79. The van der Waals surface area contributed by atoms with Gasteiger partial charge in [0.1, 0.15) is 11.5 Å². The average molecular weight is 383 g/mol. The third-order valence-corrected chi connectivity index (χ3v) is 4.68. The number of furan rings is 1. The van der Waals surface area contributed by atoms with Crippen LogP contribution < -0.4 is 0 Å². The summed E-state index contributed by atoms with van der Waals surface area (Å²) in [6.07, 6.45) is 3.01. The third kappa shape index (κ3) is 3.84. The van der Waals surface area contributed by atoms with E-state index in [1.54, 1.807) is 43.3 Å². The average Bonchev–Trinajstić information content (AvgIpc) is 3.20. The zero-order chi connectivity index (χ0) is 20.4. The van der Waals surface area contributed by atoms with Gasteiger partial charge in [0, 0.05) is 11.6 Å². The maximum Gasteiger partial charge on any atom is 0.280 e. The smallest absolute Gasteiger partial charge is 0.280 e. The van der Waals surface area contributed by atoms with E-state index < -0.39 is 4.92 Å². The third-order valence-electron chi connectivity index (χ3n) is 4.68. The van der Waals surface area contributed by atoms with Gasteiger partial charge in [-0.05, 0) is 59.7 Å². The van der Waals surface area contributed by atoms with Crippen LogP contribution >= 0.6 is 0 Å². The molecule has 142 valence electrons. The van der Waals surface area contributed by atoms with E-state index in [0.717, 1.165) is 16.3 Å². The number of rotatable bonds is 5. The van der Waals surface area contributed by atoms with Gasteiger partial charge in [-0.25, -0.2) is 0 Å². The fraction of sp³-hybridized carbons (Fsp3) is 0.0417. The highest BCUT2D eigenvalue weighted by Gasteiger charge is 2.18. The molecule has 0 unspecified atom stereocenters. The minimum Gasteiger partial charge on any atom is -0.456 e. The number of hydrogen-bond donors (Lipinski definition) is 0. The van der Waals surface area contributed by atoms with Gasteiger partial charge in [0.15, 0.2) is 5.78 Å². The number of ketones is 1. The molecule has 0 bridgehead atoms. The van der Waals surface area contributed by atoms with Gasteiger partial charge in [-0.3, -0.25) is 14.9 Å². The summed E-state index contributed by atoms with van der Waals surface area (Å²) in [5.41, 5.74) is 1.78. The van der Waals surface area contributed by atoms with E-state index in [2.05, 4.69) is 0 Å². The Hall–Kier alpha value is -3.99. The second-order valence-electron chi connectivity index (χ2n) is 6.74. The summed E-state index contributed by atoms with van der Waals surface area (Å²) in [7, 11) is 0. The first kappa shape index (κ1) is 18.4. The lowest BCUT2D eigenvalue weighted by atomic mass is 10.0. The molecular formula is C24H17NO4. The lowest BCUT2D eigenvalue weighted by Crippen LogP contribution is -1.93. The van der Waals surface area contributed by atoms with E-state index in [0.29, 0.717) is 22.6 Å². The van der Waals surface area contributed by atoms with Crippen LogP contribution in [0.15, 0.2) is 83.3 Å². The Labute approximate surface area is 167 Å². The zero-order valence-electron chi connectivity index (χ0n) is 15.7. The predicted octanol–water partition coefficient (Wildman–Crippen LogP) is 6.21. The summed E-state index contributed by atoms with van der Waals surface area (Å²) in [6, 6.07) is 21.7. The van der Waals surface area contributed by atoms with Gasteiger partial charge < -0.3 is 4.42 Å². The fourth-order valence-corrected chi connectivity index (χ4v) is 3.18. The molecule has 1 aromatic heterocycles. The van der Waals surface area contributed by atoms with E-state index in [1.807, 2.05) is 36.4 Å². The molecular weight excluding hydrogens is 366 g/mol. The van der Waals surface area contributed by atoms with E-state index in [-0.39, 0.29) is 11.5 Å². The molecule has 3 aromatic carbocycles. The molecule has 4 aromatic rings. The Morgan fingerprint density at radius 2 is 1.76 bits per heavy atom. The van der Waals surface area contributed by atoms with Gasteiger partial charge in [0.05, 0.1) is 10.5 Å². The van der Waals surface area contributed by atoms with Gasteiger partial charge in [0.2, 0.25) is 0 Å². The minimum absolute atomic E-state index is 0.0119.